The van der Waals surface area contributed by atoms with Crippen LogP contribution in [0.2, 0.25) is 0 Å². The van der Waals surface area contributed by atoms with Gasteiger partial charge in [-0.15, -0.1) is 5.10 Å². The number of hydrogen-bond donors (Lipinski definition) is 0. The summed E-state index contributed by atoms with van der Waals surface area (Å²) in [5.41, 5.74) is 0.698. The molecule has 1 aromatic heterocycles. The largest absolute Gasteiger partial charge is 0.331 e. The number of piperazine rings is 1. The first-order valence-electron chi connectivity index (χ1n) is 8.52. The SMILES string of the molecule is CN(C)C(=O)N1CCN(Cc2nnnn2-c2ccc(S(C)(=O)=O)cc2)CC1. The second kappa shape index (κ2) is 7.61. The summed E-state index contributed by atoms with van der Waals surface area (Å²) in [5.74, 6) is 0.662. The minimum Gasteiger partial charge on any atom is -0.331 e. The van der Waals surface area contributed by atoms with E-state index >= 15 is 0 Å². The van der Waals surface area contributed by atoms with Crippen LogP contribution in [0.5, 0.6) is 0 Å². The Hall–Kier alpha value is -2.53. The van der Waals surface area contributed by atoms with Crippen LogP contribution in [0.1, 0.15) is 5.82 Å². The highest BCUT2D eigenvalue weighted by molar-refractivity contribution is 7.90. The lowest BCUT2D eigenvalue weighted by Crippen LogP contribution is -2.51. The number of tetrazole rings is 1. The third-order valence-corrected chi connectivity index (χ3v) is 5.56. The van der Waals surface area contributed by atoms with Gasteiger partial charge < -0.3 is 9.80 Å². The second-order valence-corrected chi connectivity index (χ2v) is 8.73. The van der Waals surface area contributed by atoms with Gasteiger partial charge in [0.25, 0.3) is 0 Å². The fourth-order valence-electron chi connectivity index (χ4n) is 2.92. The minimum absolute atomic E-state index is 0.0189. The first kappa shape index (κ1) is 19.2. The first-order chi connectivity index (χ1) is 12.8. The number of carbonyl (C=O) groups excluding carboxylic acids is 1. The molecular formula is C16H23N7O3S. The van der Waals surface area contributed by atoms with Gasteiger partial charge in [-0.25, -0.2) is 13.2 Å². The van der Waals surface area contributed by atoms with Gasteiger partial charge in [0, 0.05) is 46.5 Å². The van der Waals surface area contributed by atoms with Crippen molar-refractivity contribution in [3.05, 3.63) is 30.1 Å². The zero-order chi connectivity index (χ0) is 19.6. The highest BCUT2D eigenvalue weighted by Crippen LogP contribution is 2.15. The van der Waals surface area contributed by atoms with Crippen molar-refractivity contribution in [2.75, 3.05) is 46.5 Å². The maximum atomic E-state index is 12.0. The van der Waals surface area contributed by atoms with Crippen LogP contribution in [0.25, 0.3) is 5.69 Å². The van der Waals surface area contributed by atoms with Crippen molar-refractivity contribution in [1.82, 2.24) is 34.9 Å². The standard InChI is InChI=1S/C16H23N7O3S/c1-20(2)16(24)22-10-8-21(9-11-22)12-15-17-18-19-23(15)13-4-6-14(7-5-13)27(3,25)26/h4-7H,8-12H2,1-3H3. The number of amides is 2. The van der Waals surface area contributed by atoms with E-state index in [0.717, 1.165) is 13.1 Å². The molecule has 146 valence electrons. The summed E-state index contributed by atoms with van der Waals surface area (Å²) in [7, 11) is 0.251. The van der Waals surface area contributed by atoms with Crippen LogP contribution in [0.4, 0.5) is 4.79 Å². The van der Waals surface area contributed by atoms with Crippen LogP contribution in [0.3, 0.4) is 0 Å². The Kier molecular flexibility index (Phi) is 5.42. The van der Waals surface area contributed by atoms with Crippen molar-refractivity contribution in [3.8, 4) is 5.69 Å². The molecule has 10 nitrogen and oxygen atoms in total. The summed E-state index contributed by atoms with van der Waals surface area (Å²) in [4.78, 5) is 17.9. The van der Waals surface area contributed by atoms with Crippen LogP contribution in [-0.2, 0) is 16.4 Å². The lowest BCUT2D eigenvalue weighted by Gasteiger charge is -2.35. The molecule has 27 heavy (non-hydrogen) atoms. The molecule has 0 bridgehead atoms. The van der Waals surface area contributed by atoms with Gasteiger partial charge in [0.15, 0.2) is 15.7 Å². The first-order valence-corrected chi connectivity index (χ1v) is 10.4. The highest BCUT2D eigenvalue weighted by atomic mass is 32.2. The average molecular weight is 393 g/mol. The Morgan fingerprint density at radius 1 is 1.11 bits per heavy atom. The molecule has 0 spiro atoms. The Morgan fingerprint density at radius 3 is 2.30 bits per heavy atom. The third-order valence-electron chi connectivity index (χ3n) is 4.43. The van der Waals surface area contributed by atoms with Gasteiger partial charge in [-0.2, -0.15) is 4.68 Å². The summed E-state index contributed by atoms with van der Waals surface area (Å²) in [5, 5.41) is 11.9. The van der Waals surface area contributed by atoms with Gasteiger partial charge in [-0.3, -0.25) is 4.90 Å². The normalized spacial score (nSPS) is 15.7. The van der Waals surface area contributed by atoms with Gasteiger partial charge in [-0.05, 0) is 34.7 Å². The van der Waals surface area contributed by atoms with E-state index in [1.807, 2.05) is 4.90 Å². The van der Waals surface area contributed by atoms with E-state index in [9.17, 15) is 13.2 Å². The molecule has 1 aliphatic rings. The Labute approximate surface area is 158 Å². The van der Waals surface area contributed by atoms with Crippen LogP contribution >= 0.6 is 0 Å². The van der Waals surface area contributed by atoms with Gasteiger partial charge in [0.05, 0.1) is 17.1 Å². The van der Waals surface area contributed by atoms with E-state index in [2.05, 4.69) is 20.4 Å². The molecule has 0 aliphatic carbocycles. The summed E-state index contributed by atoms with van der Waals surface area (Å²) < 4.78 is 24.8. The molecule has 3 rings (SSSR count). The maximum absolute atomic E-state index is 12.0. The summed E-state index contributed by atoms with van der Waals surface area (Å²) in [6.07, 6.45) is 1.17. The van der Waals surface area contributed by atoms with E-state index in [1.54, 1.807) is 47.9 Å². The van der Waals surface area contributed by atoms with Crippen molar-refractivity contribution < 1.29 is 13.2 Å². The van der Waals surface area contributed by atoms with Crippen molar-refractivity contribution >= 4 is 15.9 Å². The minimum atomic E-state index is -3.24. The number of benzene rings is 1. The third kappa shape index (κ3) is 4.42. The number of carbonyl (C=O) groups is 1. The zero-order valence-corrected chi connectivity index (χ0v) is 16.4. The summed E-state index contributed by atoms with van der Waals surface area (Å²) in [6.45, 7) is 3.33. The van der Waals surface area contributed by atoms with Crippen molar-refractivity contribution in [2.45, 2.75) is 11.4 Å². The fraction of sp³-hybridized carbons (Fsp3) is 0.500. The molecule has 11 heteroatoms. The number of sulfone groups is 1. The fourth-order valence-corrected chi connectivity index (χ4v) is 3.55. The zero-order valence-electron chi connectivity index (χ0n) is 15.6. The molecule has 1 aliphatic heterocycles. The number of rotatable bonds is 4. The van der Waals surface area contributed by atoms with Gasteiger partial charge in [-0.1, -0.05) is 0 Å². The quantitative estimate of drug-likeness (QED) is 0.712. The molecule has 0 N–H and O–H groups in total. The van der Waals surface area contributed by atoms with Crippen LogP contribution in [0.15, 0.2) is 29.2 Å². The van der Waals surface area contributed by atoms with E-state index in [4.69, 9.17) is 0 Å². The van der Waals surface area contributed by atoms with E-state index in [-0.39, 0.29) is 10.9 Å². The Bertz CT molecular complexity index is 900. The molecule has 0 saturated carbocycles. The maximum Gasteiger partial charge on any atom is 0.319 e. The molecule has 0 radical (unpaired) electrons. The van der Waals surface area contributed by atoms with E-state index in [1.165, 1.54) is 6.26 Å². The summed E-state index contributed by atoms with van der Waals surface area (Å²) >= 11 is 0. The molecule has 0 unspecified atom stereocenters. The van der Waals surface area contributed by atoms with Gasteiger partial charge >= 0.3 is 6.03 Å². The van der Waals surface area contributed by atoms with Crippen molar-refractivity contribution in [2.24, 2.45) is 0 Å². The molecule has 0 atom stereocenters. The molecular weight excluding hydrogens is 370 g/mol. The van der Waals surface area contributed by atoms with Crippen LogP contribution in [-0.4, -0.2) is 95.9 Å². The van der Waals surface area contributed by atoms with Gasteiger partial charge in [0.1, 0.15) is 0 Å². The number of nitrogens with zero attached hydrogens (tertiary/aromatic N) is 7. The average Bonchev–Trinajstić information content (AvgIpc) is 3.09. The Balaban J connectivity index is 1.67. The molecule has 2 amide bonds. The molecule has 2 aromatic rings. The summed E-state index contributed by atoms with van der Waals surface area (Å²) in [6, 6.07) is 6.47. The van der Waals surface area contributed by atoms with Crippen molar-refractivity contribution in [1.29, 1.82) is 0 Å². The molecule has 1 saturated heterocycles. The molecule has 1 aromatic carbocycles. The smallest absolute Gasteiger partial charge is 0.319 e. The van der Waals surface area contributed by atoms with Gasteiger partial charge in [0.2, 0.25) is 0 Å². The topological polar surface area (TPSA) is 105 Å². The Morgan fingerprint density at radius 2 is 1.74 bits per heavy atom. The van der Waals surface area contributed by atoms with E-state index < -0.39 is 9.84 Å². The molecule has 2 heterocycles. The van der Waals surface area contributed by atoms with Crippen LogP contribution in [0, 0.1) is 0 Å². The molecule has 1 fully saturated rings. The number of urea groups is 1. The monoisotopic (exact) mass is 393 g/mol. The van der Waals surface area contributed by atoms with Crippen LogP contribution < -0.4 is 0 Å². The highest BCUT2D eigenvalue weighted by Gasteiger charge is 2.23. The number of aromatic nitrogens is 4. The van der Waals surface area contributed by atoms with E-state index in [0.29, 0.717) is 31.1 Å². The second-order valence-electron chi connectivity index (χ2n) is 6.71. The predicted molar refractivity (Wildman–Crippen MR) is 98.2 cm³/mol. The lowest BCUT2D eigenvalue weighted by molar-refractivity contribution is 0.118. The predicted octanol–water partition coefficient (Wildman–Crippen LogP) is -0.135. The number of hydrogen-bond acceptors (Lipinski definition) is 7. The van der Waals surface area contributed by atoms with Crippen molar-refractivity contribution in [3.63, 3.8) is 0 Å². The lowest BCUT2D eigenvalue weighted by atomic mass is 10.3.